The van der Waals surface area contributed by atoms with Crippen molar-refractivity contribution in [2.45, 2.75) is 73.9 Å². The molecule has 2 aromatic carbocycles. The second-order valence-electron chi connectivity index (χ2n) is 11.6. The first kappa shape index (κ1) is 34.5. The number of cyclic esters (lactones) is 2. The van der Waals surface area contributed by atoms with Crippen molar-refractivity contribution >= 4 is 22.9 Å². The predicted molar refractivity (Wildman–Crippen MR) is 157 cm³/mol. The molecule has 0 unspecified atom stereocenters. The lowest BCUT2D eigenvalue weighted by Crippen LogP contribution is -2.60. The first-order valence-corrected chi connectivity index (χ1v) is 15.0. The zero-order valence-electron chi connectivity index (χ0n) is 25.2. The summed E-state index contributed by atoms with van der Waals surface area (Å²) in [5, 5.41) is 94.4. The number of rotatable bonds is 1. The molecule has 18 heteroatoms. The molecule has 2 saturated heterocycles. The van der Waals surface area contributed by atoms with E-state index in [1.54, 1.807) is 0 Å². The van der Waals surface area contributed by atoms with E-state index in [4.69, 9.17) is 32.8 Å². The second-order valence-corrected chi connectivity index (χ2v) is 11.6. The molecular weight excluding hydrogens is 660 g/mol. The van der Waals surface area contributed by atoms with Crippen LogP contribution in [-0.2, 0) is 28.5 Å². The van der Waals surface area contributed by atoms with Gasteiger partial charge in [0, 0.05) is 12.1 Å². The third kappa shape index (κ3) is 7.04. The Bertz CT molecular complexity index is 1680. The molecule has 3 aromatic rings. The highest BCUT2D eigenvalue weighted by Crippen LogP contribution is 2.42. The van der Waals surface area contributed by atoms with Crippen molar-refractivity contribution in [1.29, 1.82) is 0 Å². The number of phenolic OH excluding ortho intramolecular Hbond substituents is 2. The van der Waals surface area contributed by atoms with Gasteiger partial charge in [0.2, 0.25) is 18.3 Å². The van der Waals surface area contributed by atoms with E-state index in [2.05, 4.69) is 0 Å². The maximum Gasteiger partial charge on any atom is 0.402 e. The third-order valence-electron chi connectivity index (χ3n) is 8.18. The van der Waals surface area contributed by atoms with Crippen LogP contribution in [0.5, 0.6) is 23.0 Å². The number of fused-ring (bicyclic) bond motifs is 5. The molecule has 4 heterocycles. The van der Waals surface area contributed by atoms with Gasteiger partial charge < -0.3 is 74.4 Å². The molecule has 2 fully saturated rings. The van der Waals surface area contributed by atoms with E-state index in [1.807, 2.05) is 0 Å². The lowest BCUT2D eigenvalue weighted by Gasteiger charge is -2.40. The average molecular weight is 694 g/mol. The largest absolute Gasteiger partial charge is 0.508 e. The van der Waals surface area contributed by atoms with Crippen molar-refractivity contribution in [3.63, 3.8) is 0 Å². The summed E-state index contributed by atoms with van der Waals surface area (Å²) in [4.78, 5) is 24.8. The van der Waals surface area contributed by atoms with E-state index in [9.17, 15) is 55.5 Å². The standard InChI is InChI=1S/C31H32O18/c32-12-3-1-11(2-4-12)28-18-7-14-16(45-28)5-13(33)6-17(14)46-30-26(40)25(39)23(37)20(49-30)10-44-29(42)15(34)8-21(35)43-9-19-22(36)24(38)27(41)31(47-18)48-19/h1-7,15,19-20,22-27,30-31,34,36-41H,8-10H2,(H-,32,33)/p+1/t15-,19-,20-,22-,23-,24-,25+,26-,27+,30-,31-/m1/s1. The monoisotopic (exact) mass is 693 g/mol. The minimum Gasteiger partial charge on any atom is -0.508 e. The first-order valence-electron chi connectivity index (χ1n) is 15.0. The van der Waals surface area contributed by atoms with Gasteiger partial charge in [-0.1, -0.05) is 0 Å². The molecule has 0 saturated carbocycles. The average Bonchev–Trinajstić information content (AvgIpc) is 3.07. The van der Waals surface area contributed by atoms with E-state index in [0.29, 0.717) is 5.56 Å². The van der Waals surface area contributed by atoms with Gasteiger partial charge in [-0.3, -0.25) is 4.79 Å². The summed E-state index contributed by atoms with van der Waals surface area (Å²) in [6.07, 6.45) is -20.7. The summed E-state index contributed by atoms with van der Waals surface area (Å²) in [5.41, 5.74) is 0.272. The molecule has 0 amide bonds. The Morgan fingerprint density at radius 3 is 1.82 bits per heavy atom. The van der Waals surface area contributed by atoms with Crippen LogP contribution in [0.15, 0.2) is 46.9 Å². The molecule has 6 bridgehead atoms. The SMILES string of the molecule is O=C1C[C@@H](O)C(=O)OC[C@H]2O[C@@H](Oc3cc(O)cc4[o+]c(-c5ccc(O)cc5)c(cc34)O[C@@H]3O[C@H](CO1)[C@@H](O)[C@@H](O)[C@@H]3O)[C@H](O)[C@@H](O)[C@@H]2O. The Hall–Kier alpha value is -4.37. The maximum atomic E-state index is 12.4. The van der Waals surface area contributed by atoms with Gasteiger partial charge in [0.1, 0.15) is 84.7 Å². The number of hydrogen-bond acceptors (Lipinski definition) is 17. The van der Waals surface area contributed by atoms with Gasteiger partial charge in [0.05, 0.1) is 18.1 Å². The smallest absolute Gasteiger partial charge is 0.402 e. The van der Waals surface area contributed by atoms with Gasteiger partial charge in [0.25, 0.3) is 0 Å². The Morgan fingerprint density at radius 2 is 1.20 bits per heavy atom. The summed E-state index contributed by atoms with van der Waals surface area (Å²) in [5.74, 6) is -3.41. The summed E-state index contributed by atoms with van der Waals surface area (Å²) in [7, 11) is 0. The molecule has 1 aromatic heterocycles. The van der Waals surface area contributed by atoms with Crippen molar-refractivity contribution < 1.29 is 88.4 Å². The van der Waals surface area contributed by atoms with E-state index < -0.39 is 105 Å². The fourth-order valence-electron chi connectivity index (χ4n) is 5.46. The van der Waals surface area contributed by atoms with Crippen LogP contribution in [-0.4, -0.2) is 139 Å². The zero-order valence-corrected chi connectivity index (χ0v) is 25.2. The van der Waals surface area contributed by atoms with Gasteiger partial charge in [0.15, 0.2) is 6.10 Å². The van der Waals surface area contributed by atoms with Crippen LogP contribution in [0.4, 0.5) is 0 Å². The Labute approximate surface area is 275 Å². The van der Waals surface area contributed by atoms with Gasteiger partial charge in [-0.25, -0.2) is 9.21 Å². The number of aliphatic hydroxyl groups excluding tert-OH is 7. The number of aliphatic hydroxyl groups is 7. The molecule has 9 N–H and O–H groups in total. The highest BCUT2D eigenvalue weighted by Gasteiger charge is 2.48. The van der Waals surface area contributed by atoms with Crippen molar-refractivity contribution in [3.8, 4) is 34.3 Å². The molecule has 18 nitrogen and oxygen atoms in total. The molecule has 11 atom stereocenters. The number of carbonyl (C=O) groups excluding carboxylic acids is 2. The Morgan fingerprint density at radius 1 is 0.633 bits per heavy atom. The van der Waals surface area contributed by atoms with E-state index in [0.717, 1.165) is 6.07 Å². The predicted octanol–water partition coefficient (Wildman–Crippen LogP) is -1.98. The molecule has 3 aliphatic rings. The van der Waals surface area contributed by atoms with Gasteiger partial charge in [-0.15, -0.1) is 0 Å². The van der Waals surface area contributed by atoms with Crippen LogP contribution < -0.4 is 9.47 Å². The molecule has 0 radical (unpaired) electrons. The van der Waals surface area contributed by atoms with E-state index >= 15 is 0 Å². The first-order chi connectivity index (χ1) is 23.3. The zero-order chi connectivity index (χ0) is 35.1. The minimum absolute atomic E-state index is 0.0386. The molecule has 264 valence electrons. The van der Waals surface area contributed by atoms with Gasteiger partial charge in [-0.2, -0.15) is 0 Å². The van der Waals surface area contributed by atoms with Crippen LogP contribution >= 0.6 is 0 Å². The number of benzene rings is 2. The Kier molecular flexibility index (Phi) is 9.76. The highest BCUT2D eigenvalue weighted by atomic mass is 16.7. The minimum atomic E-state index is -2.06. The molecule has 49 heavy (non-hydrogen) atoms. The normalized spacial score (nSPS) is 34.3. The second kappa shape index (κ2) is 13.9. The van der Waals surface area contributed by atoms with Crippen molar-refractivity contribution in [2.75, 3.05) is 13.2 Å². The molecule has 0 aliphatic carbocycles. The van der Waals surface area contributed by atoms with Crippen molar-refractivity contribution in [3.05, 3.63) is 42.5 Å². The van der Waals surface area contributed by atoms with Crippen LogP contribution in [0.3, 0.4) is 0 Å². The topological polar surface area (TPSA) is 283 Å². The number of hydrogen-bond donors (Lipinski definition) is 9. The highest BCUT2D eigenvalue weighted by molar-refractivity contribution is 5.89. The molecule has 3 aliphatic heterocycles. The van der Waals surface area contributed by atoms with E-state index in [-0.39, 0.29) is 34.0 Å². The number of aromatic hydroxyl groups is 2. The number of esters is 2. The van der Waals surface area contributed by atoms with Crippen LogP contribution in [0.2, 0.25) is 0 Å². The van der Waals surface area contributed by atoms with Crippen LogP contribution in [0.25, 0.3) is 22.3 Å². The fourth-order valence-corrected chi connectivity index (χ4v) is 5.46. The summed E-state index contributed by atoms with van der Waals surface area (Å²) in [6.45, 7) is -1.50. The van der Waals surface area contributed by atoms with Gasteiger partial charge >= 0.3 is 23.3 Å². The summed E-state index contributed by atoms with van der Waals surface area (Å²) >= 11 is 0. The van der Waals surface area contributed by atoms with Crippen molar-refractivity contribution in [2.24, 2.45) is 0 Å². The third-order valence-corrected chi connectivity index (χ3v) is 8.18. The lowest BCUT2D eigenvalue weighted by molar-refractivity contribution is -0.279. The number of carbonyl (C=O) groups is 2. The number of phenols is 2. The van der Waals surface area contributed by atoms with Gasteiger partial charge in [-0.05, 0) is 24.3 Å². The Balaban J connectivity index is 1.46. The molecule has 0 spiro atoms. The summed E-state index contributed by atoms with van der Waals surface area (Å²) in [6, 6.07) is 9.21. The van der Waals surface area contributed by atoms with Crippen LogP contribution in [0, 0.1) is 0 Å². The summed E-state index contributed by atoms with van der Waals surface area (Å²) < 4.78 is 39.2. The number of ether oxygens (including phenoxy) is 6. The maximum absolute atomic E-state index is 12.4. The lowest BCUT2D eigenvalue weighted by atomic mass is 9.99. The molecular formula is C31H33O18+. The van der Waals surface area contributed by atoms with Crippen molar-refractivity contribution in [1.82, 2.24) is 0 Å². The quantitative estimate of drug-likeness (QED) is 0.0985. The molecule has 6 rings (SSSR count). The van der Waals surface area contributed by atoms with E-state index in [1.165, 1.54) is 36.4 Å². The van der Waals surface area contributed by atoms with Crippen LogP contribution in [0.1, 0.15) is 6.42 Å². The fraction of sp³-hybridized carbons (Fsp3) is 0.452.